The predicted molar refractivity (Wildman–Crippen MR) is 75.0 cm³/mol. The number of rotatable bonds is 6. The zero-order chi connectivity index (χ0) is 13.8. The van der Waals surface area contributed by atoms with E-state index in [0.717, 1.165) is 28.6 Å². The average molecular weight is 315 g/mol. The Morgan fingerprint density at radius 2 is 2.11 bits per heavy atom. The van der Waals surface area contributed by atoms with E-state index < -0.39 is 5.97 Å². The van der Waals surface area contributed by atoms with Crippen LogP contribution in [0.3, 0.4) is 0 Å². The van der Waals surface area contributed by atoms with Crippen molar-refractivity contribution in [3.63, 3.8) is 0 Å². The standard InChI is InChI=1S/C14H19BrO3/c1-14(2,9-13(16)17)7-6-10-8-11(15)4-5-12(10)18-3/h4-5,8H,6-7,9H2,1-3H3,(H,16,17). The van der Waals surface area contributed by atoms with Gasteiger partial charge in [0.25, 0.3) is 0 Å². The summed E-state index contributed by atoms with van der Waals surface area (Å²) in [5.41, 5.74) is 0.893. The van der Waals surface area contributed by atoms with Gasteiger partial charge in [-0.05, 0) is 42.0 Å². The molecule has 0 amide bonds. The molecule has 1 aromatic carbocycles. The van der Waals surface area contributed by atoms with Gasteiger partial charge in [0.05, 0.1) is 13.5 Å². The highest BCUT2D eigenvalue weighted by molar-refractivity contribution is 9.10. The first-order valence-corrected chi connectivity index (χ1v) is 6.67. The molecule has 0 atom stereocenters. The summed E-state index contributed by atoms with van der Waals surface area (Å²) in [6.45, 7) is 3.96. The molecule has 0 spiro atoms. The van der Waals surface area contributed by atoms with Gasteiger partial charge in [0.2, 0.25) is 0 Å². The van der Waals surface area contributed by atoms with Gasteiger partial charge < -0.3 is 9.84 Å². The first kappa shape index (κ1) is 15.0. The molecule has 3 nitrogen and oxygen atoms in total. The third-order valence-corrected chi connectivity index (χ3v) is 3.44. The Bertz CT molecular complexity index is 427. The van der Waals surface area contributed by atoms with Crippen molar-refractivity contribution in [2.24, 2.45) is 5.41 Å². The minimum absolute atomic E-state index is 0.184. The third-order valence-electron chi connectivity index (χ3n) is 2.94. The second kappa shape index (κ2) is 6.23. The molecule has 0 fully saturated rings. The molecule has 100 valence electrons. The van der Waals surface area contributed by atoms with Gasteiger partial charge in [0.1, 0.15) is 5.75 Å². The Hall–Kier alpha value is -1.03. The summed E-state index contributed by atoms with van der Waals surface area (Å²) in [4.78, 5) is 10.8. The molecule has 1 N–H and O–H groups in total. The maximum atomic E-state index is 10.8. The summed E-state index contributed by atoms with van der Waals surface area (Å²) in [7, 11) is 1.65. The fourth-order valence-corrected chi connectivity index (χ4v) is 2.32. The number of methoxy groups -OCH3 is 1. The number of aryl methyl sites for hydroxylation is 1. The molecule has 0 saturated heterocycles. The van der Waals surface area contributed by atoms with Crippen molar-refractivity contribution in [2.45, 2.75) is 33.1 Å². The van der Waals surface area contributed by atoms with Crippen LogP contribution >= 0.6 is 15.9 Å². The van der Waals surface area contributed by atoms with Gasteiger partial charge in [0, 0.05) is 4.47 Å². The Morgan fingerprint density at radius 1 is 1.44 bits per heavy atom. The summed E-state index contributed by atoms with van der Waals surface area (Å²) < 4.78 is 6.32. The molecule has 4 heteroatoms. The summed E-state index contributed by atoms with van der Waals surface area (Å²) in [5.74, 6) is 0.102. The van der Waals surface area contributed by atoms with Gasteiger partial charge in [-0.2, -0.15) is 0 Å². The van der Waals surface area contributed by atoms with Crippen LogP contribution in [0.25, 0.3) is 0 Å². The first-order valence-electron chi connectivity index (χ1n) is 5.88. The second-order valence-corrected chi connectivity index (χ2v) is 6.11. The van der Waals surface area contributed by atoms with E-state index in [-0.39, 0.29) is 11.8 Å². The molecule has 0 heterocycles. The Morgan fingerprint density at radius 3 is 2.67 bits per heavy atom. The van der Waals surface area contributed by atoms with Crippen molar-refractivity contribution < 1.29 is 14.6 Å². The number of hydrogen-bond acceptors (Lipinski definition) is 2. The number of hydrogen-bond donors (Lipinski definition) is 1. The van der Waals surface area contributed by atoms with Gasteiger partial charge in [0.15, 0.2) is 0 Å². The maximum Gasteiger partial charge on any atom is 0.303 e. The third kappa shape index (κ3) is 4.69. The number of benzene rings is 1. The fraction of sp³-hybridized carbons (Fsp3) is 0.500. The van der Waals surface area contributed by atoms with Crippen molar-refractivity contribution in [2.75, 3.05) is 7.11 Å². The van der Waals surface area contributed by atoms with Gasteiger partial charge in [-0.25, -0.2) is 0 Å². The molecule has 0 bridgehead atoms. The molecule has 0 unspecified atom stereocenters. The van der Waals surface area contributed by atoms with Crippen LogP contribution in [0.5, 0.6) is 5.75 Å². The lowest BCUT2D eigenvalue weighted by Crippen LogP contribution is -2.17. The summed E-state index contributed by atoms with van der Waals surface area (Å²) in [6.07, 6.45) is 1.80. The molecule has 1 aromatic rings. The van der Waals surface area contributed by atoms with E-state index in [0.29, 0.717) is 0 Å². The smallest absolute Gasteiger partial charge is 0.303 e. The topological polar surface area (TPSA) is 46.5 Å². The minimum Gasteiger partial charge on any atom is -0.496 e. The SMILES string of the molecule is COc1ccc(Br)cc1CCC(C)(C)CC(=O)O. The number of aliphatic carboxylic acids is 1. The molecule has 1 rings (SSSR count). The highest BCUT2D eigenvalue weighted by Gasteiger charge is 2.22. The Labute approximate surface area is 116 Å². The predicted octanol–water partition coefficient (Wildman–Crippen LogP) is 3.89. The summed E-state index contributed by atoms with van der Waals surface area (Å²) >= 11 is 3.44. The number of carboxylic acid groups (broad SMARTS) is 1. The van der Waals surface area contributed by atoms with Crippen LogP contribution in [0.1, 0.15) is 32.3 Å². The van der Waals surface area contributed by atoms with Gasteiger partial charge in [-0.1, -0.05) is 29.8 Å². The Balaban J connectivity index is 2.73. The summed E-state index contributed by atoms with van der Waals surface area (Å²) in [5, 5.41) is 8.86. The van der Waals surface area contributed by atoms with Crippen LogP contribution in [-0.2, 0) is 11.2 Å². The van der Waals surface area contributed by atoms with Crippen molar-refractivity contribution in [1.82, 2.24) is 0 Å². The van der Waals surface area contributed by atoms with Crippen molar-refractivity contribution >= 4 is 21.9 Å². The van der Waals surface area contributed by atoms with Crippen molar-refractivity contribution in [3.05, 3.63) is 28.2 Å². The number of halogens is 1. The number of ether oxygens (including phenoxy) is 1. The molecular formula is C14H19BrO3. The van der Waals surface area contributed by atoms with Crippen LogP contribution < -0.4 is 4.74 Å². The highest BCUT2D eigenvalue weighted by Crippen LogP contribution is 2.30. The molecular weight excluding hydrogens is 296 g/mol. The van der Waals surface area contributed by atoms with Gasteiger partial charge in [-0.3, -0.25) is 4.79 Å². The average Bonchev–Trinajstić information content (AvgIpc) is 2.25. The van der Waals surface area contributed by atoms with E-state index in [1.54, 1.807) is 7.11 Å². The zero-order valence-corrected chi connectivity index (χ0v) is 12.6. The fourth-order valence-electron chi connectivity index (χ4n) is 1.91. The maximum absolute atomic E-state index is 10.8. The van der Waals surface area contributed by atoms with Crippen LogP contribution in [0.15, 0.2) is 22.7 Å². The number of carboxylic acids is 1. The highest BCUT2D eigenvalue weighted by atomic mass is 79.9. The van der Waals surface area contributed by atoms with Gasteiger partial charge >= 0.3 is 5.97 Å². The quantitative estimate of drug-likeness (QED) is 0.866. The van der Waals surface area contributed by atoms with E-state index in [1.807, 2.05) is 32.0 Å². The van der Waals surface area contributed by atoms with E-state index in [4.69, 9.17) is 9.84 Å². The van der Waals surface area contributed by atoms with Crippen LogP contribution in [-0.4, -0.2) is 18.2 Å². The van der Waals surface area contributed by atoms with Crippen LogP contribution in [0, 0.1) is 5.41 Å². The molecule has 0 aromatic heterocycles. The largest absolute Gasteiger partial charge is 0.496 e. The van der Waals surface area contributed by atoms with Crippen molar-refractivity contribution in [3.8, 4) is 5.75 Å². The van der Waals surface area contributed by atoms with E-state index >= 15 is 0 Å². The van der Waals surface area contributed by atoms with Crippen LogP contribution in [0.2, 0.25) is 0 Å². The van der Waals surface area contributed by atoms with E-state index in [9.17, 15) is 4.79 Å². The number of carbonyl (C=O) groups is 1. The monoisotopic (exact) mass is 314 g/mol. The molecule has 0 aliphatic heterocycles. The molecule has 18 heavy (non-hydrogen) atoms. The molecule has 0 radical (unpaired) electrons. The summed E-state index contributed by atoms with van der Waals surface area (Å²) in [6, 6.07) is 5.88. The molecule has 0 saturated carbocycles. The van der Waals surface area contributed by atoms with Crippen molar-refractivity contribution in [1.29, 1.82) is 0 Å². The Kier molecular flexibility index (Phi) is 5.20. The lowest BCUT2D eigenvalue weighted by molar-refractivity contribution is -0.139. The minimum atomic E-state index is -0.749. The van der Waals surface area contributed by atoms with Crippen LogP contribution in [0.4, 0.5) is 0 Å². The lowest BCUT2D eigenvalue weighted by Gasteiger charge is -2.22. The molecule has 0 aliphatic carbocycles. The zero-order valence-electron chi connectivity index (χ0n) is 11.0. The van der Waals surface area contributed by atoms with E-state index in [2.05, 4.69) is 15.9 Å². The van der Waals surface area contributed by atoms with Gasteiger partial charge in [-0.15, -0.1) is 0 Å². The molecule has 0 aliphatic rings. The van der Waals surface area contributed by atoms with E-state index in [1.165, 1.54) is 0 Å². The normalized spacial score (nSPS) is 11.3. The second-order valence-electron chi connectivity index (χ2n) is 5.19. The first-order chi connectivity index (χ1) is 8.34. The lowest BCUT2D eigenvalue weighted by atomic mass is 9.83.